The minimum atomic E-state index is -4.11. The van der Waals surface area contributed by atoms with Gasteiger partial charge in [-0.2, -0.15) is 4.80 Å². The maximum atomic E-state index is 14.1. The second-order valence-electron chi connectivity index (χ2n) is 13.2. The van der Waals surface area contributed by atoms with Crippen molar-refractivity contribution in [1.29, 1.82) is 0 Å². The van der Waals surface area contributed by atoms with E-state index in [2.05, 4.69) is 26.0 Å². The van der Waals surface area contributed by atoms with E-state index < -0.39 is 93.5 Å². The van der Waals surface area contributed by atoms with Crippen molar-refractivity contribution in [2.45, 2.75) is 94.8 Å². The molecule has 1 unspecified atom stereocenters. The molecule has 1 aromatic carbocycles. The molecule has 2 heterocycles. The van der Waals surface area contributed by atoms with Gasteiger partial charge in [0.15, 0.2) is 0 Å². The Morgan fingerprint density at radius 2 is 1.73 bits per heavy atom. The first kappa shape index (κ1) is 35.9. The van der Waals surface area contributed by atoms with E-state index in [1.807, 2.05) is 4.72 Å². The highest BCUT2D eigenvalue weighted by molar-refractivity contribution is 7.91. The minimum Gasteiger partial charge on any atom is -0.497 e. The highest BCUT2D eigenvalue weighted by Crippen LogP contribution is 2.48. The number of rotatable bonds is 13. The van der Waals surface area contributed by atoms with Crippen LogP contribution in [-0.4, -0.2) is 106 Å². The topological polar surface area (TPSA) is 204 Å². The van der Waals surface area contributed by atoms with Gasteiger partial charge in [-0.1, -0.05) is 13.8 Å². The van der Waals surface area contributed by atoms with Gasteiger partial charge in [0.2, 0.25) is 34.1 Å². The van der Waals surface area contributed by atoms with Crippen molar-refractivity contribution in [2.24, 2.45) is 11.8 Å². The van der Waals surface area contributed by atoms with Crippen LogP contribution in [-0.2, 0) is 29.1 Å². The number of sulfonamides is 1. The molecule has 2 aliphatic carbocycles. The number of nitrogens with one attached hydrogen (secondary N) is 3. The average molecular weight is 711 g/mol. The predicted molar refractivity (Wildman–Crippen MR) is 167 cm³/mol. The molecule has 5 rings (SSSR count). The lowest BCUT2D eigenvalue weighted by molar-refractivity contribution is -0.142. The molecule has 1 saturated heterocycles. The Hall–Kier alpha value is -4.42. The third-order valence-corrected chi connectivity index (χ3v) is 10.6. The number of likely N-dealkylation sites (tertiary alicyclic amines) is 1. The minimum absolute atomic E-state index is 0.116. The van der Waals surface area contributed by atoms with Crippen molar-refractivity contribution in [3.05, 3.63) is 24.3 Å². The summed E-state index contributed by atoms with van der Waals surface area (Å²) < 4.78 is 65.1. The van der Waals surface area contributed by atoms with E-state index >= 15 is 0 Å². The number of carbonyl (C=O) groups excluding carboxylic acids is 4. The summed E-state index contributed by atoms with van der Waals surface area (Å²) in [4.78, 5) is 56.1. The number of benzene rings is 1. The summed E-state index contributed by atoms with van der Waals surface area (Å²) in [6, 6.07) is 3.62. The molecular formula is C30H40F2N8O8S. The number of alkyl carbamates (subject to hydrolysis) is 1. The number of nitrogens with zero attached hydrogens (tertiary/aromatic N) is 5. The van der Waals surface area contributed by atoms with Crippen LogP contribution in [0.2, 0.25) is 0 Å². The van der Waals surface area contributed by atoms with Gasteiger partial charge in [0, 0.05) is 18.5 Å². The van der Waals surface area contributed by atoms with Crippen LogP contribution in [0, 0.1) is 11.8 Å². The second-order valence-corrected chi connectivity index (χ2v) is 15.1. The number of aromatic nitrogens is 4. The van der Waals surface area contributed by atoms with E-state index in [9.17, 15) is 36.4 Å². The van der Waals surface area contributed by atoms with Crippen molar-refractivity contribution < 1.29 is 45.9 Å². The molecule has 4 amide bonds. The van der Waals surface area contributed by atoms with Gasteiger partial charge in [-0.15, -0.1) is 10.2 Å². The van der Waals surface area contributed by atoms with Crippen LogP contribution in [0.15, 0.2) is 24.3 Å². The molecule has 3 N–H and O–H groups in total. The zero-order valence-corrected chi connectivity index (χ0v) is 28.4. The van der Waals surface area contributed by atoms with Gasteiger partial charge < -0.3 is 25.0 Å². The van der Waals surface area contributed by atoms with E-state index in [0.29, 0.717) is 24.2 Å². The van der Waals surface area contributed by atoms with Crippen molar-refractivity contribution in [1.82, 2.24) is 40.5 Å². The van der Waals surface area contributed by atoms with Gasteiger partial charge in [0.1, 0.15) is 23.4 Å². The fourth-order valence-electron chi connectivity index (χ4n) is 5.81. The molecule has 5 atom stereocenters. The number of alkyl halides is 2. The fourth-order valence-corrected chi connectivity index (χ4v) is 7.18. The van der Waals surface area contributed by atoms with Crippen LogP contribution in [0.3, 0.4) is 0 Å². The Morgan fingerprint density at radius 3 is 2.29 bits per heavy atom. The fraction of sp³-hybridized carbons (Fsp3) is 0.633. The molecule has 2 saturated carbocycles. The van der Waals surface area contributed by atoms with Gasteiger partial charge in [-0.3, -0.25) is 19.1 Å². The van der Waals surface area contributed by atoms with Gasteiger partial charge >= 0.3 is 6.09 Å². The van der Waals surface area contributed by atoms with E-state index in [4.69, 9.17) is 9.47 Å². The number of amides is 4. The van der Waals surface area contributed by atoms with Crippen molar-refractivity contribution in [3.8, 4) is 17.1 Å². The summed E-state index contributed by atoms with van der Waals surface area (Å²) in [6.07, 6.45) is -4.34. The van der Waals surface area contributed by atoms with Gasteiger partial charge in [-0.05, 0) is 68.5 Å². The predicted octanol–water partition coefficient (Wildman–Crippen LogP) is 1.40. The highest BCUT2D eigenvalue weighted by Gasteiger charge is 2.66. The number of hydrogen-bond acceptors (Lipinski definition) is 11. The normalized spacial score (nSPS) is 24.1. The molecule has 16 nitrogen and oxygen atoms in total. The number of hydrogen-bond donors (Lipinski definition) is 3. The molecule has 0 bridgehead atoms. The third-order valence-electron chi connectivity index (χ3n) is 8.79. The smallest absolute Gasteiger partial charge is 0.408 e. The third kappa shape index (κ3) is 7.75. The quantitative estimate of drug-likeness (QED) is 0.271. The Kier molecular flexibility index (Phi) is 10.1. The van der Waals surface area contributed by atoms with Crippen LogP contribution in [0.1, 0.15) is 59.4 Å². The molecule has 2 aromatic rings. The highest BCUT2D eigenvalue weighted by atomic mass is 32.2. The zero-order valence-electron chi connectivity index (χ0n) is 27.6. The largest absolute Gasteiger partial charge is 0.497 e. The van der Waals surface area contributed by atoms with Crippen LogP contribution in [0.5, 0.6) is 5.75 Å². The molecule has 1 aromatic heterocycles. The first-order valence-corrected chi connectivity index (χ1v) is 17.5. The second kappa shape index (κ2) is 13.8. The first-order valence-electron chi connectivity index (χ1n) is 15.9. The molecule has 1 aliphatic heterocycles. The summed E-state index contributed by atoms with van der Waals surface area (Å²) in [7, 11) is -2.59. The Balaban J connectivity index is 1.42. The van der Waals surface area contributed by atoms with Gasteiger partial charge in [0.05, 0.1) is 30.4 Å². The van der Waals surface area contributed by atoms with E-state index in [1.165, 1.54) is 16.8 Å². The van der Waals surface area contributed by atoms with E-state index in [0.717, 1.165) is 0 Å². The van der Waals surface area contributed by atoms with E-state index in [-0.39, 0.29) is 18.8 Å². The monoisotopic (exact) mass is 710 g/mol. The molecule has 3 aliphatic rings. The Bertz CT molecular complexity index is 1680. The zero-order chi connectivity index (χ0) is 35.8. The molecule has 19 heteroatoms. The molecule has 0 radical (unpaired) electrons. The van der Waals surface area contributed by atoms with Crippen molar-refractivity contribution in [3.63, 3.8) is 0 Å². The average Bonchev–Trinajstić information content (AvgIpc) is 3.92. The lowest BCUT2D eigenvalue weighted by Crippen LogP contribution is -2.59. The number of carbonyl (C=O) groups is 4. The maximum Gasteiger partial charge on any atom is 0.408 e. The lowest BCUT2D eigenvalue weighted by Gasteiger charge is -2.31. The summed E-state index contributed by atoms with van der Waals surface area (Å²) >= 11 is 0. The summed E-state index contributed by atoms with van der Waals surface area (Å²) in [5, 5.41) is 16.8. The number of methoxy groups -OCH3 is 1. The van der Waals surface area contributed by atoms with Gasteiger partial charge in [0.25, 0.3) is 5.91 Å². The summed E-state index contributed by atoms with van der Waals surface area (Å²) in [5.41, 5.74) is -1.59. The van der Waals surface area contributed by atoms with E-state index in [1.54, 1.807) is 52.0 Å². The van der Waals surface area contributed by atoms with Crippen molar-refractivity contribution in [2.75, 3.05) is 13.7 Å². The molecule has 3 fully saturated rings. The lowest BCUT2D eigenvalue weighted by atomic mass is 10.0. The van der Waals surface area contributed by atoms with Crippen LogP contribution in [0.25, 0.3) is 11.4 Å². The maximum absolute atomic E-state index is 14.1. The van der Waals surface area contributed by atoms with Crippen LogP contribution in [0.4, 0.5) is 13.6 Å². The van der Waals surface area contributed by atoms with Crippen molar-refractivity contribution >= 4 is 33.8 Å². The Morgan fingerprint density at radius 1 is 1.06 bits per heavy atom. The van der Waals surface area contributed by atoms with Gasteiger partial charge in [-0.25, -0.2) is 22.0 Å². The standard InChI is InChI=1S/C30H40F2N8O8S/c1-15(2)23(33-29(44)48-16(3)4)27(42)39-14-18(40-36-25(35-38-40)17-6-8-19(47-5)9-7-17)12-22(39)26(41)34-30(13-21(30)24(31)32)28(43)37-49(45,46)20-10-11-20/h6-9,15-16,18,20-24H,10-14H2,1-5H3,(H,33,44)(H,34,41)(H,37,43)/t18-,21+,22?,23+,30-/m1/s1. The first-order chi connectivity index (χ1) is 23.1. The molecule has 0 spiro atoms. The molecular weight excluding hydrogens is 670 g/mol. The summed E-state index contributed by atoms with van der Waals surface area (Å²) in [5.74, 6) is -4.15. The Labute approximate surface area is 281 Å². The number of ether oxygens (including phenoxy) is 2. The van der Waals surface area contributed by atoms with Crippen LogP contribution >= 0.6 is 0 Å². The van der Waals surface area contributed by atoms with Crippen LogP contribution < -0.4 is 20.1 Å². The SMILES string of the molecule is COc1ccc(-c2nnn([C@@H]3CC(C(=O)N[C@]4(C(=O)NS(=O)(=O)C5CC5)C[C@H]4C(F)F)N(C(=O)[C@@H](NC(=O)OC(C)C)C(C)C)C3)n2)cc1. The number of halogens is 2. The number of tetrazole rings is 1. The molecule has 268 valence electrons. The molecule has 49 heavy (non-hydrogen) atoms. The summed E-state index contributed by atoms with van der Waals surface area (Å²) in [6.45, 7) is 6.48.